The number of aryl methyl sites for hydroxylation is 1. The molecule has 4 nitrogen and oxygen atoms in total. The van der Waals surface area contributed by atoms with Gasteiger partial charge < -0.3 is 10.2 Å². The van der Waals surface area contributed by atoms with E-state index in [-0.39, 0.29) is 11.8 Å². The lowest BCUT2D eigenvalue weighted by Crippen LogP contribution is -2.43. The monoisotopic (exact) mass is 364 g/mol. The molecule has 0 bridgehead atoms. The minimum Gasteiger partial charge on any atom is -0.348 e. The Morgan fingerprint density at radius 2 is 1.81 bits per heavy atom. The highest BCUT2D eigenvalue weighted by Gasteiger charge is 2.26. The van der Waals surface area contributed by atoms with E-state index in [9.17, 15) is 9.59 Å². The number of carbonyl (C=O) groups excluding carboxylic acids is 2. The lowest BCUT2D eigenvalue weighted by atomic mass is 9.98. The zero-order chi connectivity index (χ0) is 19.2. The fourth-order valence-electron chi connectivity index (χ4n) is 3.64. The molecule has 0 saturated carbocycles. The fraction of sp³-hybridized carbons (Fsp3) is 0.391. The lowest BCUT2D eigenvalue weighted by molar-refractivity contribution is 0.0608. The second-order valence-corrected chi connectivity index (χ2v) is 7.31. The van der Waals surface area contributed by atoms with E-state index in [1.807, 2.05) is 36.1 Å². The van der Waals surface area contributed by atoms with Gasteiger partial charge in [0.15, 0.2) is 0 Å². The molecular formula is C23H28N2O2. The van der Waals surface area contributed by atoms with Gasteiger partial charge >= 0.3 is 0 Å². The number of amides is 2. The molecule has 1 aliphatic heterocycles. The number of hydrogen-bond donors (Lipinski definition) is 1. The highest BCUT2D eigenvalue weighted by Crippen LogP contribution is 2.22. The summed E-state index contributed by atoms with van der Waals surface area (Å²) in [6.07, 6.45) is 4.28. The van der Waals surface area contributed by atoms with Crippen LogP contribution in [0.25, 0.3) is 0 Å². The van der Waals surface area contributed by atoms with Crippen molar-refractivity contribution < 1.29 is 9.59 Å². The Kier molecular flexibility index (Phi) is 6.28. The number of hydrogen-bond acceptors (Lipinski definition) is 2. The van der Waals surface area contributed by atoms with Crippen LogP contribution in [0, 0.1) is 6.92 Å². The van der Waals surface area contributed by atoms with Gasteiger partial charge in [0.25, 0.3) is 11.8 Å². The van der Waals surface area contributed by atoms with Crippen LogP contribution in [0.2, 0.25) is 0 Å². The molecule has 1 atom stereocenters. The molecule has 1 heterocycles. The molecule has 2 aromatic rings. The van der Waals surface area contributed by atoms with Crippen LogP contribution in [0.4, 0.5) is 0 Å². The van der Waals surface area contributed by atoms with Gasteiger partial charge in [-0.25, -0.2) is 0 Å². The van der Waals surface area contributed by atoms with Gasteiger partial charge in [-0.05, 0) is 56.4 Å². The number of rotatable bonds is 5. The quantitative estimate of drug-likeness (QED) is 0.858. The first kappa shape index (κ1) is 19.2. The van der Waals surface area contributed by atoms with Crippen LogP contribution in [0.3, 0.4) is 0 Å². The summed E-state index contributed by atoms with van der Waals surface area (Å²) in [5.41, 5.74) is 3.37. The molecule has 1 N–H and O–H groups in total. The highest BCUT2D eigenvalue weighted by molar-refractivity contribution is 5.99. The Morgan fingerprint density at radius 3 is 2.56 bits per heavy atom. The Morgan fingerprint density at radius 1 is 1.07 bits per heavy atom. The van der Waals surface area contributed by atoms with E-state index in [0.717, 1.165) is 31.4 Å². The first-order valence-corrected chi connectivity index (χ1v) is 9.83. The molecule has 1 fully saturated rings. The van der Waals surface area contributed by atoms with Crippen LogP contribution in [0.15, 0.2) is 48.5 Å². The van der Waals surface area contributed by atoms with Gasteiger partial charge in [0, 0.05) is 30.3 Å². The van der Waals surface area contributed by atoms with Crippen LogP contribution >= 0.6 is 0 Å². The SMILES string of the molecule is CCC1CCCCN1C(=O)c1cccc(C(=O)NCc2ccc(C)cc2)c1. The molecule has 1 unspecified atom stereocenters. The summed E-state index contributed by atoms with van der Waals surface area (Å²) in [5.74, 6) is -0.120. The van der Waals surface area contributed by atoms with Crippen molar-refractivity contribution in [1.29, 1.82) is 0 Å². The summed E-state index contributed by atoms with van der Waals surface area (Å²) in [5, 5.41) is 2.94. The van der Waals surface area contributed by atoms with E-state index < -0.39 is 0 Å². The van der Waals surface area contributed by atoms with Crippen molar-refractivity contribution in [2.75, 3.05) is 6.54 Å². The molecule has 4 heteroatoms. The number of benzene rings is 2. The molecule has 2 aromatic carbocycles. The van der Waals surface area contributed by atoms with E-state index >= 15 is 0 Å². The lowest BCUT2D eigenvalue weighted by Gasteiger charge is -2.35. The second kappa shape index (κ2) is 8.85. The van der Waals surface area contributed by atoms with Crippen molar-refractivity contribution >= 4 is 11.8 Å². The molecule has 27 heavy (non-hydrogen) atoms. The van der Waals surface area contributed by atoms with Crippen molar-refractivity contribution in [1.82, 2.24) is 10.2 Å². The third-order valence-electron chi connectivity index (χ3n) is 5.30. The summed E-state index contributed by atoms with van der Waals surface area (Å²) in [6.45, 7) is 5.45. The maximum atomic E-state index is 12.9. The summed E-state index contributed by atoms with van der Waals surface area (Å²) in [6, 6.07) is 15.5. The maximum Gasteiger partial charge on any atom is 0.254 e. The van der Waals surface area contributed by atoms with Crippen LogP contribution in [-0.4, -0.2) is 29.3 Å². The van der Waals surface area contributed by atoms with Crippen LogP contribution < -0.4 is 5.32 Å². The summed E-state index contributed by atoms with van der Waals surface area (Å²) in [7, 11) is 0. The van der Waals surface area contributed by atoms with E-state index in [1.54, 1.807) is 24.3 Å². The zero-order valence-corrected chi connectivity index (χ0v) is 16.2. The topological polar surface area (TPSA) is 49.4 Å². The summed E-state index contributed by atoms with van der Waals surface area (Å²) >= 11 is 0. The molecule has 0 radical (unpaired) electrons. The average molecular weight is 364 g/mol. The van der Waals surface area contributed by atoms with Gasteiger partial charge in [-0.15, -0.1) is 0 Å². The van der Waals surface area contributed by atoms with Gasteiger partial charge in [0.2, 0.25) is 0 Å². The number of nitrogens with zero attached hydrogens (tertiary/aromatic N) is 1. The van der Waals surface area contributed by atoms with Crippen LogP contribution in [-0.2, 0) is 6.54 Å². The molecule has 2 amide bonds. The third kappa shape index (κ3) is 4.76. The largest absolute Gasteiger partial charge is 0.348 e. The van der Waals surface area contributed by atoms with E-state index in [1.165, 1.54) is 12.0 Å². The van der Waals surface area contributed by atoms with Crippen molar-refractivity contribution in [2.45, 2.75) is 52.1 Å². The smallest absolute Gasteiger partial charge is 0.254 e. The minimum absolute atomic E-state index is 0.0368. The van der Waals surface area contributed by atoms with Crippen LogP contribution in [0.1, 0.15) is 64.4 Å². The fourth-order valence-corrected chi connectivity index (χ4v) is 3.64. The normalized spacial score (nSPS) is 16.8. The van der Waals surface area contributed by atoms with Crippen molar-refractivity contribution in [2.24, 2.45) is 0 Å². The van der Waals surface area contributed by atoms with Crippen molar-refractivity contribution in [3.8, 4) is 0 Å². The number of likely N-dealkylation sites (tertiary alicyclic amines) is 1. The summed E-state index contributed by atoms with van der Waals surface area (Å²) in [4.78, 5) is 27.4. The minimum atomic E-state index is -0.157. The van der Waals surface area contributed by atoms with E-state index in [0.29, 0.717) is 23.7 Å². The third-order valence-corrected chi connectivity index (χ3v) is 5.30. The van der Waals surface area contributed by atoms with Gasteiger partial charge in [0.05, 0.1) is 0 Å². The van der Waals surface area contributed by atoms with E-state index in [4.69, 9.17) is 0 Å². The number of piperidine rings is 1. The van der Waals surface area contributed by atoms with Gasteiger partial charge in [-0.3, -0.25) is 9.59 Å². The van der Waals surface area contributed by atoms with Gasteiger partial charge in [0.1, 0.15) is 0 Å². The zero-order valence-electron chi connectivity index (χ0n) is 16.2. The van der Waals surface area contributed by atoms with Crippen molar-refractivity contribution in [3.05, 3.63) is 70.8 Å². The van der Waals surface area contributed by atoms with Crippen molar-refractivity contribution in [3.63, 3.8) is 0 Å². The van der Waals surface area contributed by atoms with Crippen LogP contribution in [0.5, 0.6) is 0 Å². The Balaban J connectivity index is 1.67. The molecule has 0 spiro atoms. The molecule has 142 valence electrons. The second-order valence-electron chi connectivity index (χ2n) is 7.31. The molecule has 1 saturated heterocycles. The Bertz CT molecular complexity index is 798. The molecule has 0 aliphatic carbocycles. The van der Waals surface area contributed by atoms with E-state index in [2.05, 4.69) is 12.2 Å². The first-order chi connectivity index (χ1) is 13.1. The van der Waals surface area contributed by atoms with Gasteiger partial charge in [-0.2, -0.15) is 0 Å². The predicted octanol–water partition coefficient (Wildman–Crippen LogP) is 4.33. The average Bonchev–Trinajstić information content (AvgIpc) is 2.72. The molecule has 1 aliphatic rings. The summed E-state index contributed by atoms with van der Waals surface area (Å²) < 4.78 is 0. The number of carbonyl (C=O) groups is 2. The Hall–Kier alpha value is -2.62. The maximum absolute atomic E-state index is 12.9. The molecular weight excluding hydrogens is 336 g/mol. The Labute approximate surface area is 161 Å². The van der Waals surface area contributed by atoms with Gasteiger partial charge in [-0.1, -0.05) is 42.8 Å². The predicted molar refractivity (Wildman–Crippen MR) is 108 cm³/mol. The number of nitrogens with one attached hydrogen (secondary N) is 1. The highest BCUT2D eigenvalue weighted by atomic mass is 16.2. The molecule has 0 aromatic heterocycles. The first-order valence-electron chi connectivity index (χ1n) is 9.83. The molecule has 3 rings (SSSR count). The standard InChI is InChI=1S/C23H28N2O2/c1-3-21-9-4-5-14-25(21)23(27)20-8-6-7-19(15-20)22(26)24-16-18-12-10-17(2)11-13-18/h6-8,10-13,15,21H,3-5,9,14,16H2,1-2H3,(H,24,26).